The van der Waals surface area contributed by atoms with Gasteiger partial charge in [0.25, 0.3) is 5.91 Å². The molecule has 0 aliphatic carbocycles. The fourth-order valence-corrected chi connectivity index (χ4v) is 4.14. The number of nitrogens with two attached hydrogens (primary N) is 2. The number of urea groups is 1. The van der Waals surface area contributed by atoms with Crippen LogP contribution in [0.4, 0.5) is 4.79 Å². The number of carbonyl (C=O) groups excluding carboxylic acids is 2. The molecule has 3 aromatic carbocycles. The first-order valence-electron chi connectivity index (χ1n) is 13.3. The summed E-state index contributed by atoms with van der Waals surface area (Å²) in [6, 6.07) is 22.4. The molecule has 6 N–H and O–H groups in total. The maximum absolute atomic E-state index is 11.7. The molecule has 0 aromatic heterocycles. The number of hydrogen-bond donors (Lipinski definition) is 4. The number of rotatable bonds is 9. The van der Waals surface area contributed by atoms with Crippen LogP contribution in [0.25, 0.3) is 0 Å². The lowest BCUT2D eigenvalue weighted by Crippen LogP contribution is -2.44. The van der Waals surface area contributed by atoms with Crippen LogP contribution in [0, 0.1) is 11.8 Å². The Morgan fingerprint density at radius 1 is 1.00 bits per heavy atom. The number of halogens is 1. The fourth-order valence-electron chi connectivity index (χ4n) is 4.02. The average molecular weight is 578 g/mol. The van der Waals surface area contributed by atoms with Crippen molar-refractivity contribution in [2.75, 3.05) is 45.9 Å². The second-order valence-corrected chi connectivity index (χ2v) is 9.75. The Kier molecular flexibility index (Phi) is 13.0. The lowest BCUT2D eigenvalue weighted by Gasteiger charge is -2.27. The van der Waals surface area contributed by atoms with Crippen LogP contribution < -0.4 is 21.5 Å². The highest BCUT2D eigenvalue weighted by Gasteiger charge is 2.13. The highest BCUT2D eigenvalue weighted by molar-refractivity contribution is 6.30. The third kappa shape index (κ3) is 11.5. The quantitative estimate of drug-likeness (QED) is 0.175. The van der Waals surface area contributed by atoms with Gasteiger partial charge in [-0.1, -0.05) is 65.9 Å². The molecule has 10 heteroatoms. The number of amides is 3. The van der Waals surface area contributed by atoms with Crippen molar-refractivity contribution in [1.82, 2.24) is 15.3 Å². The van der Waals surface area contributed by atoms with Crippen molar-refractivity contribution in [1.29, 1.82) is 0 Å². The van der Waals surface area contributed by atoms with Gasteiger partial charge in [-0.3, -0.25) is 14.9 Å². The minimum atomic E-state index is -0.935. The second-order valence-electron chi connectivity index (χ2n) is 9.32. The first kappa shape index (κ1) is 31.5. The molecule has 0 saturated carbocycles. The lowest BCUT2D eigenvalue weighted by atomic mass is 10.1. The number of hydrogen-bond acceptors (Lipinski definition) is 6. The summed E-state index contributed by atoms with van der Waals surface area (Å²) < 4.78 is 5.74. The molecule has 0 bridgehead atoms. The van der Waals surface area contributed by atoms with Gasteiger partial charge in [-0.15, -0.1) is 0 Å². The van der Waals surface area contributed by atoms with Crippen molar-refractivity contribution in [3.05, 3.63) is 100 Å². The largest absolute Gasteiger partial charge is 0.491 e. The van der Waals surface area contributed by atoms with E-state index < -0.39 is 11.9 Å². The lowest BCUT2D eigenvalue weighted by molar-refractivity contribution is -0.0372. The Hall–Kier alpha value is -4.07. The van der Waals surface area contributed by atoms with Crippen molar-refractivity contribution in [3.8, 4) is 17.6 Å². The molecule has 1 aliphatic rings. The SMILES string of the molecule is Clc1ccc(Cc2ccccc2)cc1.NC(=O)c1cc(C#CCCN(O)C(N)=O)ccc1OCCN1CCNCC1. The van der Waals surface area contributed by atoms with Crippen molar-refractivity contribution >= 4 is 23.5 Å². The van der Waals surface area contributed by atoms with Crippen LogP contribution in [0.1, 0.15) is 33.5 Å². The Labute approximate surface area is 246 Å². The zero-order valence-corrected chi connectivity index (χ0v) is 23.6. The smallest absolute Gasteiger partial charge is 0.338 e. The molecule has 1 fully saturated rings. The number of benzene rings is 3. The molecule has 1 heterocycles. The number of nitrogens with zero attached hydrogens (tertiary/aromatic N) is 2. The van der Waals surface area contributed by atoms with E-state index in [9.17, 15) is 9.59 Å². The van der Waals surface area contributed by atoms with Crippen molar-refractivity contribution in [2.24, 2.45) is 11.5 Å². The molecular weight excluding hydrogens is 542 g/mol. The maximum Gasteiger partial charge on any atom is 0.338 e. The van der Waals surface area contributed by atoms with E-state index in [2.05, 4.69) is 58.5 Å². The van der Waals surface area contributed by atoms with E-state index in [0.29, 0.717) is 23.0 Å². The molecule has 3 aromatic rings. The summed E-state index contributed by atoms with van der Waals surface area (Å²) in [5.74, 6) is 5.48. The summed E-state index contributed by atoms with van der Waals surface area (Å²) in [6.45, 7) is 5.12. The van der Waals surface area contributed by atoms with Gasteiger partial charge in [0.15, 0.2) is 0 Å². The van der Waals surface area contributed by atoms with Crippen LogP contribution in [-0.2, 0) is 6.42 Å². The van der Waals surface area contributed by atoms with E-state index in [4.69, 9.17) is 33.0 Å². The molecule has 41 heavy (non-hydrogen) atoms. The van der Waals surface area contributed by atoms with Gasteiger partial charge in [0.1, 0.15) is 12.4 Å². The molecule has 0 spiro atoms. The summed E-state index contributed by atoms with van der Waals surface area (Å²) in [6.07, 6.45) is 1.20. The minimum absolute atomic E-state index is 0.00176. The molecule has 216 valence electrons. The van der Waals surface area contributed by atoms with E-state index in [-0.39, 0.29) is 18.5 Å². The summed E-state index contributed by atoms with van der Waals surface area (Å²) in [7, 11) is 0. The number of piperazine rings is 1. The van der Waals surface area contributed by atoms with Crippen molar-refractivity contribution in [3.63, 3.8) is 0 Å². The number of carbonyl (C=O) groups is 2. The first-order chi connectivity index (χ1) is 19.8. The molecular formula is C31H36ClN5O4. The number of ether oxygens (including phenoxy) is 1. The van der Waals surface area contributed by atoms with Crippen molar-refractivity contribution < 1.29 is 19.5 Å². The zero-order chi connectivity index (χ0) is 29.5. The van der Waals surface area contributed by atoms with Gasteiger partial charge in [-0.2, -0.15) is 0 Å². The standard InChI is InChI=1S/C18H25N5O4.C13H11Cl/c19-17(24)15-13-14(3-1-2-8-23(26)18(20)25)4-5-16(15)27-12-11-22-9-6-21-7-10-22;14-13-8-6-12(7-9-13)10-11-4-2-1-3-5-11/h4-5,13,21,26H,2,6-12H2,(H2,19,24)(H2,20,25);1-9H,10H2. The van der Waals surface area contributed by atoms with E-state index in [1.807, 2.05) is 18.2 Å². The average Bonchev–Trinajstić information content (AvgIpc) is 2.98. The summed E-state index contributed by atoms with van der Waals surface area (Å²) in [4.78, 5) is 24.7. The second kappa shape index (κ2) is 16.9. The predicted molar refractivity (Wildman–Crippen MR) is 160 cm³/mol. The van der Waals surface area contributed by atoms with Crippen LogP contribution in [0.15, 0.2) is 72.8 Å². The highest BCUT2D eigenvalue weighted by atomic mass is 35.5. The van der Waals surface area contributed by atoms with E-state index in [1.165, 1.54) is 11.1 Å². The monoisotopic (exact) mass is 577 g/mol. The molecule has 1 aliphatic heterocycles. The molecule has 9 nitrogen and oxygen atoms in total. The van der Waals surface area contributed by atoms with Crippen LogP contribution in [0.3, 0.4) is 0 Å². The van der Waals surface area contributed by atoms with Gasteiger partial charge in [0.2, 0.25) is 0 Å². The molecule has 0 atom stereocenters. The van der Waals surface area contributed by atoms with Gasteiger partial charge < -0.3 is 21.5 Å². The zero-order valence-electron chi connectivity index (χ0n) is 22.9. The fraction of sp³-hybridized carbons (Fsp3) is 0.290. The number of nitrogens with one attached hydrogen (secondary N) is 1. The maximum atomic E-state index is 11.7. The molecule has 4 rings (SSSR count). The first-order valence-corrected chi connectivity index (χ1v) is 13.7. The summed E-state index contributed by atoms with van der Waals surface area (Å²) >= 11 is 5.81. The molecule has 3 amide bonds. The van der Waals surface area contributed by atoms with E-state index >= 15 is 0 Å². The van der Waals surface area contributed by atoms with Gasteiger partial charge in [-0.25, -0.2) is 9.86 Å². The van der Waals surface area contributed by atoms with Crippen LogP contribution in [0.2, 0.25) is 5.02 Å². The van der Waals surface area contributed by atoms with Gasteiger partial charge >= 0.3 is 6.03 Å². The Bertz CT molecular complexity index is 1320. The summed E-state index contributed by atoms with van der Waals surface area (Å²) in [5.41, 5.74) is 13.8. The predicted octanol–water partition coefficient (Wildman–Crippen LogP) is 3.51. The summed E-state index contributed by atoms with van der Waals surface area (Å²) in [5, 5.41) is 13.6. The van der Waals surface area contributed by atoms with Gasteiger partial charge in [0, 0.05) is 49.7 Å². The molecule has 1 saturated heterocycles. The van der Waals surface area contributed by atoms with Gasteiger partial charge in [0.05, 0.1) is 12.1 Å². The van der Waals surface area contributed by atoms with E-state index in [1.54, 1.807) is 18.2 Å². The molecule has 0 radical (unpaired) electrons. The number of primary amides is 2. The minimum Gasteiger partial charge on any atom is -0.491 e. The van der Waals surface area contributed by atoms with Gasteiger partial charge in [-0.05, 0) is 47.9 Å². The third-order valence-electron chi connectivity index (χ3n) is 6.22. The highest BCUT2D eigenvalue weighted by Crippen LogP contribution is 2.20. The molecule has 0 unspecified atom stereocenters. The van der Waals surface area contributed by atoms with Crippen LogP contribution in [0.5, 0.6) is 5.75 Å². The number of hydroxylamine groups is 2. The van der Waals surface area contributed by atoms with E-state index in [0.717, 1.165) is 44.2 Å². The Morgan fingerprint density at radius 3 is 2.34 bits per heavy atom. The van der Waals surface area contributed by atoms with Crippen molar-refractivity contribution in [2.45, 2.75) is 12.8 Å². The van der Waals surface area contributed by atoms with Crippen LogP contribution >= 0.6 is 11.6 Å². The Balaban J connectivity index is 0.000000275. The topological polar surface area (TPSA) is 134 Å². The Morgan fingerprint density at radius 2 is 1.68 bits per heavy atom. The van der Waals surface area contributed by atoms with Crippen LogP contribution in [-0.4, -0.2) is 73.0 Å². The normalized spacial score (nSPS) is 12.7. The third-order valence-corrected chi connectivity index (χ3v) is 6.47.